The number of hydrogen-bond donors (Lipinski definition) is 1. The Morgan fingerprint density at radius 3 is 2.88 bits per heavy atom. The molecule has 1 N–H and O–H groups in total. The lowest BCUT2D eigenvalue weighted by atomic mass is 10.2. The maximum atomic E-state index is 12.1. The summed E-state index contributed by atoms with van der Waals surface area (Å²) in [5.74, 6) is 1.18. The summed E-state index contributed by atoms with van der Waals surface area (Å²) < 4.78 is 11.4. The maximum absolute atomic E-state index is 12.1. The Labute approximate surface area is 150 Å². The van der Waals surface area contributed by atoms with Crippen molar-refractivity contribution < 1.29 is 13.7 Å². The van der Waals surface area contributed by atoms with Gasteiger partial charge in [0.1, 0.15) is 5.76 Å². The van der Waals surface area contributed by atoms with Crippen LogP contribution in [0.4, 0.5) is 5.82 Å². The second-order valence-electron chi connectivity index (χ2n) is 4.96. The second kappa shape index (κ2) is 7.18. The smallest absolute Gasteiger partial charge is 0.277 e. The molecule has 24 heavy (non-hydrogen) atoms. The van der Waals surface area contributed by atoms with E-state index in [1.54, 1.807) is 19.9 Å². The zero-order valence-corrected chi connectivity index (χ0v) is 15.2. The molecule has 0 fully saturated rings. The molecule has 0 aliphatic carbocycles. The van der Waals surface area contributed by atoms with Crippen molar-refractivity contribution in [2.24, 2.45) is 0 Å². The van der Waals surface area contributed by atoms with Gasteiger partial charge in [0.25, 0.3) is 5.22 Å². The van der Waals surface area contributed by atoms with Gasteiger partial charge in [0.15, 0.2) is 5.82 Å². The van der Waals surface area contributed by atoms with E-state index in [4.69, 9.17) is 8.94 Å². The van der Waals surface area contributed by atoms with Crippen LogP contribution >= 0.6 is 27.7 Å². The van der Waals surface area contributed by atoms with E-state index in [9.17, 15) is 4.79 Å². The highest BCUT2D eigenvalue weighted by Gasteiger charge is 2.20. The average Bonchev–Trinajstić information content (AvgIpc) is 3.16. The van der Waals surface area contributed by atoms with Gasteiger partial charge in [0.05, 0.1) is 5.25 Å². The molecule has 3 aromatic rings. The SMILES string of the molecule is Cc1cc(NC(=O)[C@H](C)Sc2nnc(-c3cccc(Br)c3)o2)no1. The first-order valence-corrected chi connectivity index (χ1v) is 8.69. The largest absolute Gasteiger partial charge is 0.411 e. The van der Waals surface area contributed by atoms with Gasteiger partial charge in [-0.3, -0.25) is 4.79 Å². The Morgan fingerprint density at radius 2 is 2.17 bits per heavy atom. The van der Waals surface area contributed by atoms with Gasteiger partial charge in [-0.1, -0.05) is 38.9 Å². The molecule has 1 aromatic carbocycles. The van der Waals surface area contributed by atoms with Gasteiger partial charge in [-0.2, -0.15) is 0 Å². The van der Waals surface area contributed by atoms with Crippen LogP contribution in [0.5, 0.6) is 0 Å². The molecule has 0 aliphatic heterocycles. The van der Waals surface area contributed by atoms with Crippen molar-refractivity contribution in [2.75, 3.05) is 5.32 Å². The molecule has 0 aliphatic rings. The second-order valence-corrected chi connectivity index (χ2v) is 7.16. The van der Waals surface area contributed by atoms with Gasteiger partial charge in [0, 0.05) is 16.1 Å². The fourth-order valence-corrected chi connectivity index (χ4v) is 2.94. The summed E-state index contributed by atoms with van der Waals surface area (Å²) in [6.07, 6.45) is 0. The highest BCUT2D eigenvalue weighted by atomic mass is 79.9. The normalized spacial score (nSPS) is 12.1. The van der Waals surface area contributed by atoms with E-state index in [2.05, 4.69) is 36.6 Å². The molecule has 0 saturated heterocycles. The highest BCUT2D eigenvalue weighted by Crippen LogP contribution is 2.27. The minimum atomic E-state index is -0.433. The predicted octanol–water partition coefficient (Wildman–Crippen LogP) is 3.91. The standard InChI is InChI=1S/C15H13BrN4O3S/c1-8-6-12(20-23-8)17-13(21)9(2)24-15-19-18-14(22-15)10-4-3-5-11(16)7-10/h3-7,9H,1-2H3,(H,17,20,21)/t9-/m0/s1. The van der Waals surface area contributed by atoms with E-state index in [1.165, 1.54) is 11.8 Å². The molecule has 2 heterocycles. The number of amides is 1. The number of halogens is 1. The third-order valence-electron chi connectivity index (χ3n) is 3.00. The Balaban J connectivity index is 1.64. The van der Waals surface area contributed by atoms with Crippen LogP contribution in [0.1, 0.15) is 12.7 Å². The quantitative estimate of drug-likeness (QED) is 0.639. The summed E-state index contributed by atoms with van der Waals surface area (Å²) in [4.78, 5) is 12.1. The monoisotopic (exact) mass is 408 g/mol. The number of thioether (sulfide) groups is 1. The van der Waals surface area contributed by atoms with E-state index < -0.39 is 5.25 Å². The zero-order chi connectivity index (χ0) is 17.1. The molecule has 1 atom stereocenters. The van der Waals surface area contributed by atoms with E-state index in [0.29, 0.717) is 22.7 Å². The van der Waals surface area contributed by atoms with Crippen molar-refractivity contribution in [3.05, 3.63) is 40.6 Å². The number of anilines is 1. The molecular weight excluding hydrogens is 396 g/mol. The number of hydrogen-bond acceptors (Lipinski definition) is 7. The lowest BCUT2D eigenvalue weighted by Gasteiger charge is -2.06. The molecule has 7 nitrogen and oxygen atoms in total. The number of rotatable bonds is 5. The van der Waals surface area contributed by atoms with Crippen molar-refractivity contribution >= 4 is 39.4 Å². The number of carbonyl (C=O) groups is 1. The van der Waals surface area contributed by atoms with E-state index in [1.807, 2.05) is 24.3 Å². The molecule has 0 unspecified atom stereocenters. The summed E-state index contributed by atoms with van der Waals surface area (Å²) in [6.45, 7) is 3.50. The van der Waals surface area contributed by atoms with Crippen molar-refractivity contribution in [3.63, 3.8) is 0 Å². The molecular formula is C15H13BrN4O3S. The maximum Gasteiger partial charge on any atom is 0.277 e. The van der Waals surface area contributed by atoms with Gasteiger partial charge in [0.2, 0.25) is 11.8 Å². The van der Waals surface area contributed by atoms with Crippen molar-refractivity contribution in [1.82, 2.24) is 15.4 Å². The van der Waals surface area contributed by atoms with Gasteiger partial charge in [-0.25, -0.2) is 0 Å². The van der Waals surface area contributed by atoms with Crippen LogP contribution in [0, 0.1) is 6.92 Å². The number of aromatic nitrogens is 3. The van der Waals surface area contributed by atoms with Gasteiger partial charge in [-0.15, -0.1) is 10.2 Å². The van der Waals surface area contributed by atoms with Crippen LogP contribution in [0.15, 0.2) is 49.0 Å². The van der Waals surface area contributed by atoms with Crippen molar-refractivity contribution in [3.8, 4) is 11.5 Å². The van der Waals surface area contributed by atoms with E-state index in [0.717, 1.165) is 10.0 Å². The molecule has 1 amide bonds. The van der Waals surface area contributed by atoms with Gasteiger partial charge in [-0.05, 0) is 32.0 Å². The average molecular weight is 409 g/mol. The molecule has 124 valence electrons. The third-order valence-corrected chi connectivity index (χ3v) is 4.43. The zero-order valence-electron chi connectivity index (χ0n) is 12.8. The van der Waals surface area contributed by atoms with E-state index in [-0.39, 0.29) is 5.91 Å². The van der Waals surface area contributed by atoms with Crippen LogP contribution in [-0.4, -0.2) is 26.5 Å². The van der Waals surface area contributed by atoms with Gasteiger partial charge < -0.3 is 14.3 Å². The first-order chi connectivity index (χ1) is 11.5. The van der Waals surface area contributed by atoms with E-state index >= 15 is 0 Å². The Bertz CT molecular complexity index is 864. The number of carbonyl (C=O) groups excluding carboxylic acids is 1. The minimum absolute atomic E-state index is 0.226. The first-order valence-electron chi connectivity index (χ1n) is 7.01. The molecule has 9 heteroatoms. The number of nitrogens with one attached hydrogen (secondary N) is 1. The minimum Gasteiger partial charge on any atom is -0.411 e. The van der Waals surface area contributed by atoms with Gasteiger partial charge >= 0.3 is 0 Å². The Kier molecular flexibility index (Phi) is 5.00. The molecule has 3 rings (SSSR count). The Hall–Kier alpha value is -2.13. The molecule has 0 bridgehead atoms. The summed E-state index contributed by atoms with van der Waals surface area (Å²) in [6, 6.07) is 9.19. The molecule has 0 spiro atoms. The van der Waals surface area contributed by atoms with Crippen LogP contribution < -0.4 is 5.32 Å². The summed E-state index contributed by atoms with van der Waals surface area (Å²) in [5, 5.41) is 14.3. The fourth-order valence-electron chi connectivity index (χ4n) is 1.85. The molecule has 2 aromatic heterocycles. The lowest BCUT2D eigenvalue weighted by molar-refractivity contribution is -0.115. The Morgan fingerprint density at radius 1 is 1.33 bits per heavy atom. The van der Waals surface area contributed by atoms with Crippen molar-refractivity contribution in [1.29, 1.82) is 0 Å². The van der Waals surface area contributed by atoms with Crippen LogP contribution in [-0.2, 0) is 4.79 Å². The topological polar surface area (TPSA) is 94.1 Å². The summed E-state index contributed by atoms with van der Waals surface area (Å²) in [5.41, 5.74) is 0.805. The molecule has 0 radical (unpaired) electrons. The lowest BCUT2D eigenvalue weighted by Crippen LogP contribution is -2.22. The number of nitrogens with zero attached hydrogens (tertiary/aromatic N) is 3. The van der Waals surface area contributed by atoms with Crippen molar-refractivity contribution in [2.45, 2.75) is 24.3 Å². The fraction of sp³-hybridized carbons (Fsp3) is 0.200. The van der Waals surface area contributed by atoms with Crippen LogP contribution in [0.25, 0.3) is 11.5 Å². The predicted molar refractivity (Wildman–Crippen MR) is 92.6 cm³/mol. The first kappa shape index (κ1) is 16.7. The summed E-state index contributed by atoms with van der Waals surface area (Å²) in [7, 11) is 0. The number of aryl methyl sites for hydroxylation is 1. The molecule has 0 saturated carbocycles. The van der Waals surface area contributed by atoms with Crippen LogP contribution in [0.3, 0.4) is 0 Å². The third kappa shape index (κ3) is 4.04. The summed E-state index contributed by atoms with van der Waals surface area (Å²) >= 11 is 4.57. The number of benzene rings is 1. The van der Waals surface area contributed by atoms with Crippen LogP contribution in [0.2, 0.25) is 0 Å². The highest BCUT2D eigenvalue weighted by molar-refractivity contribution is 9.10.